The monoisotopic (exact) mass is 511 g/mol. The number of ether oxygens (including phenoxy) is 2. The molecule has 0 N–H and O–H groups in total. The summed E-state index contributed by atoms with van der Waals surface area (Å²) >= 11 is 9.85. The Bertz CT molecular complexity index is 1190. The highest BCUT2D eigenvalue weighted by Gasteiger charge is 2.31. The lowest BCUT2D eigenvalue weighted by atomic mass is 10.0. The maximum absolute atomic E-state index is 13.1. The third-order valence-corrected chi connectivity index (χ3v) is 6.26. The Kier molecular flexibility index (Phi) is 6.87. The molecule has 0 unspecified atom stereocenters. The summed E-state index contributed by atoms with van der Waals surface area (Å²) in [6.07, 6.45) is 2.80. The first kappa shape index (κ1) is 22.4. The molecule has 0 radical (unpaired) electrons. The van der Waals surface area contributed by atoms with Crippen LogP contribution in [0.3, 0.4) is 0 Å². The second-order valence-corrected chi connectivity index (χ2v) is 8.71. The fourth-order valence-corrected chi connectivity index (χ4v) is 4.55. The second-order valence-electron chi connectivity index (χ2n) is 7.45. The lowest BCUT2D eigenvalue weighted by Crippen LogP contribution is -2.26. The van der Waals surface area contributed by atoms with E-state index in [-0.39, 0.29) is 5.91 Å². The van der Waals surface area contributed by atoms with Gasteiger partial charge in [-0.15, -0.1) is 0 Å². The number of nitrogens with zero attached hydrogens (tertiary/aromatic N) is 1. The van der Waals surface area contributed by atoms with Crippen LogP contribution in [0.4, 0.5) is 5.69 Å². The average molecular weight is 513 g/mol. The van der Waals surface area contributed by atoms with Gasteiger partial charge in [-0.3, -0.25) is 4.79 Å². The minimum absolute atomic E-state index is 0.0159. The summed E-state index contributed by atoms with van der Waals surface area (Å²) in [4.78, 5) is 15.0. The molecule has 4 rings (SSSR count). The van der Waals surface area contributed by atoms with Crippen molar-refractivity contribution in [1.82, 2.24) is 0 Å². The number of hydrogen-bond acceptors (Lipinski definition) is 3. The van der Waals surface area contributed by atoms with Crippen molar-refractivity contribution in [1.29, 1.82) is 0 Å². The van der Waals surface area contributed by atoms with Crippen molar-refractivity contribution in [2.24, 2.45) is 0 Å². The fourth-order valence-electron chi connectivity index (χ4n) is 3.79. The van der Waals surface area contributed by atoms with Crippen molar-refractivity contribution in [2.45, 2.75) is 20.0 Å². The molecule has 32 heavy (non-hydrogen) atoms. The zero-order valence-corrected chi connectivity index (χ0v) is 20.2. The molecule has 0 saturated heterocycles. The Morgan fingerprint density at radius 2 is 1.84 bits per heavy atom. The molecular weight excluding hydrogens is 490 g/mol. The molecule has 0 atom stereocenters. The van der Waals surface area contributed by atoms with Crippen LogP contribution in [0.1, 0.15) is 30.0 Å². The second kappa shape index (κ2) is 9.80. The quantitative estimate of drug-likeness (QED) is 0.320. The zero-order chi connectivity index (χ0) is 22.7. The zero-order valence-electron chi connectivity index (χ0n) is 17.9. The summed E-state index contributed by atoms with van der Waals surface area (Å²) in [5.74, 6) is 1.17. The van der Waals surface area contributed by atoms with E-state index in [2.05, 4.69) is 22.9 Å². The molecule has 164 valence electrons. The largest absolute Gasteiger partial charge is 0.493 e. The molecule has 1 aliphatic heterocycles. The normalized spacial score (nSPS) is 14.1. The van der Waals surface area contributed by atoms with Gasteiger partial charge in [-0.1, -0.05) is 54.9 Å². The lowest BCUT2D eigenvalue weighted by molar-refractivity contribution is -0.113. The number of carbonyl (C=O) groups is 1. The molecule has 1 heterocycles. The number of halogens is 2. The number of methoxy groups -OCH3 is 1. The third-order valence-electron chi connectivity index (χ3n) is 5.30. The summed E-state index contributed by atoms with van der Waals surface area (Å²) in [7, 11) is 1.60. The van der Waals surface area contributed by atoms with Crippen LogP contribution in [0, 0.1) is 0 Å². The average Bonchev–Trinajstić information content (AvgIpc) is 3.05. The van der Waals surface area contributed by atoms with Gasteiger partial charge in [0.1, 0.15) is 6.61 Å². The first-order valence-corrected chi connectivity index (χ1v) is 11.6. The predicted octanol–water partition coefficient (Wildman–Crippen LogP) is 6.99. The van der Waals surface area contributed by atoms with Gasteiger partial charge in [-0.2, -0.15) is 0 Å². The predicted molar refractivity (Wildman–Crippen MR) is 133 cm³/mol. The molecule has 3 aromatic rings. The van der Waals surface area contributed by atoms with Crippen molar-refractivity contribution in [3.8, 4) is 11.5 Å². The number of rotatable bonds is 7. The Hall–Kier alpha value is -2.76. The number of fused-ring (bicyclic) bond motifs is 1. The summed E-state index contributed by atoms with van der Waals surface area (Å²) in [6.45, 7) is 3.07. The SMILES string of the molecule is CCCN1C(=O)/C(=C\c2cc(Br)c(OCc3ccccc3Cl)c(OC)c2)c2ccccc21. The van der Waals surface area contributed by atoms with Gasteiger partial charge in [-0.25, -0.2) is 0 Å². The number of para-hydroxylation sites is 1. The number of benzene rings is 3. The van der Waals surface area contributed by atoms with Crippen molar-refractivity contribution in [3.05, 3.63) is 86.8 Å². The molecule has 0 saturated carbocycles. The first-order chi connectivity index (χ1) is 15.5. The van der Waals surface area contributed by atoms with Gasteiger partial charge in [0.05, 0.1) is 17.3 Å². The molecule has 4 nitrogen and oxygen atoms in total. The van der Waals surface area contributed by atoms with E-state index in [1.807, 2.05) is 71.6 Å². The highest BCUT2D eigenvalue weighted by Crippen LogP contribution is 2.41. The maximum atomic E-state index is 13.1. The Labute approximate surface area is 201 Å². The fraction of sp³-hybridized carbons (Fsp3) is 0.192. The van der Waals surface area contributed by atoms with Gasteiger partial charge >= 0.3 is 0 Å². The van der Waals surface area contributed by atoms with Crippen molar-refractivity contribution < 1.29 is 14.3 Å². The number of hydrogen-bond donors (Lipinski definition) is 0. The van der Waals surface area contributed by atoms with Crippen LogP contribution in [0.15, 0.2) is 65.1 Å². The van der Waals surface area contributed by atoms with E-state index in [0.29, 0.717) is 35.2 Å². The molecule has 0 aromatic heterocycles. The van der Waals surface area contributed by atoms with Crippen LogP contribution in [0.2, 0.25) is 5.02 Å². The third kappa shape index (κ3) is 4.41. The molecule has 0 aliphatic carbocycles. The minimum Gasteiger partial charge on any atom is -0.493 e. The number of anilines is 1. The number of amides is 1. The van der Waals surface area contributed by atoms with Crippen LogP contribution in [0.5, 0.6) is 11.5 Å². The van der Waals surface area contributed by atoms with E-state index in [1.165, 1.54) is 0 Å². The van der Waals surface area contributed by atoms with Gasteiger partial charge in [0.25, 0.3) is 5.91 Å². The van der Waals surface area contributed by atoms with Crippen molar-refractivity contribution in [3.63, 3.8) is 0 Å². The summed E-state index contributed by atoms with van der Waals surface area (Å²) < 4.78 is 12.4. The molecule has 1 aliphatic rings. The van der Waals surface area contributed by atoms with Crippen molar-refractivity contribution >= 4 is 50.8 Å². The highest BCUT2D eigenvalue weighted by atomic mass is 79.9. The van der Waals surface area contributed by atoms with Gasteiger partial charge in [0.2, 0.25) is 0 Å². The van der Waals surface area contributed by atoms with E-state index < -0.39 is 0 Å². The van der Waals surface area contributed by atoms with E-state index >= 15 is 0 Å². The van der Waals surface area contributed by atoms with E-state index in [1.54, 1.807) is 7.11 Å². The first-order valence-electron chi connectivity index (χ1n) is 10.4. The van der Waals surface area contributed by atoms with Gasteiger partial charge in [0, 0.05) is 28.3 Å². The van der Waals surface area contributed by atoms with Gasteiger partial charge < -0.3 is 14.4 Å². The topological polar surface area (TPSA) is 38.8 Å². The standard InChI is InChI=1S/C26H23BrClNO3/c1-3-12-29-23-11-7-5-9-19(23)20(26(29)30)13-17-14-21(27)25(24(15-17)31-2)32-16-18-8-4-6-10-22(18)28/h4-11,13-15H,3,12,16H2,1-2H3/b20-13-. The Morgan fingerprint density at radius 3 is 2.59 bits per heavy atom. The van der Waals surface area contributed by atoms with Crippen LogP contribution in [-0.4, -0.2) is 19.6 Å². The molecule has 3 aromatic carbocycles. The molecule has 6 heteroatoms. The Balaban J connectivity index is 1.67. The summed E-state index contributed by atoms with van der Waals surface area (Å²) in [6, 6.07) is 19.3. The molecular formula is C26H23BrClNO3. The molecule has 0 bridgehead atoms. The van der Waals surface area contributed by atoms with E-state index in [9.17, 15) is 4.79 Å². The van der Waals surface area contributed by atoms with Crippen LogP contribution in [0.25, 0.3) is 11.6 Å². The van der Waals surface area contributed by atoms with Crippen LogP contribution >= 0.6 is 27.5 Å². The summed E-state index contributed by atoms with van der Waals surface area (Å²) in [5.41, 5.74) is 4.30. The summed E-state index contributed by atoms with van der Waals surface area (Å²) in [5, 5.41) is 0.652. The number of carbonyl (C=O) groups excluding carboxylic acids is 1. The van der Waals surface area contributed by atoms with Gasteiger partial charge in [0.15, 0.2) is 11.5 Å². The lowest BCUT2D eigenvalue weighted by Gasteiger charge is -2.15. The smallest absolute Gasteiger partial charge is 0.258 e. The van der Waals surface area contributed by atoms with Gasteiger partial charge in [-0.05, 0) is 58.3 Å². The van der Waals surface area contributed by atoms with E-state index in [0.717, 1.165) is 33.3 Å². The Morgan fingerprint density at radius 1 is 1.09 bits per heavy atom. The minimum atomic E-state index is 0.0159. The van der Waals surface area contributed by atoms with Crippen molar-refractivity contribution in [2.75, 3.05) is 18.6 Å². The molecule has 0 fully saturated rings. The van der Waals surface area contributed by atoms with Crippen LogP contribution in [-0.2, 0) is 11.4 Å². The maximum Gasteiger partial charge on any atom is 0.258 e. The van der Waals surface area contributed by atoms with Crippen LogP contribution < -0.4 is 14.4 Å². The highest BCUT2D eigenvalue weighted by molar-refractivity contribution is 9.10. The molecule has 1 amide bonds. The van der Waals surface area contributed by atoms with E-state index in [4.69, 9.17) is 21.1 Å². The molecule has 0 spiro atoms.